The molecule has 0 amide bonds. The number of likely N-dealkylation sites (N-methyl/N-ethyl adjacent to an activating group) is 1. The lowest BCUT2D eigenvalue weighted by atomic mass is 9.94. The molecule has 1 heterocycles. The van der Waals surface area contributed by atoms with E-state index in [0.717, 1.165) is 19.5 Å². The first-order chi connectivity index (χ1) is 7.27. The molecule has 0 aromatic heterocycles. The molecule has 82 valence electrons. The van der Waals surface area contributed by atoms with Gasteiger partial charge in [-0.3, -0.25) is 0 Å². The van der Waals surface area contributed by atoms with Crippen LogP contribution in [0.3, 0.4) is 0 Å². The van der Waals surface area contributed by atoms with Crippen LogP contribution in [0.1, 0.15) is 30.4 Å². The minimum atomic E-state index is 0.288. The maximum absolute atomic E-state index is 9.08. The molecule has 0 radical (unpaired) electrons. The van der Waals surface area contributed by atoms with E-state index in [9.17, 15) is 0 Å². The monoisotopic (exact) mass is 205 g/mol. The first kappa shape index (κ1) is 10.5. The molecular formula is C13H19NO. The lowest BCUT2D eigenvalue weighted by Gasteiger charge is -2.16. The lowest BCUT2D eigenvalue weighted by Crippen LogP contribution is -2.21. The number of anilines is 1. The molecule has 2 heteroatoms. The van der Waals surface area contributed by atoms with E-state index < -0.39 is 0 Å². The molecule has 1 aliphatic heterocycles. The molecule has 1 aromatic carbocycles. The third-order valence-electron chi connectivity index (χ3n) is 3.35. The quantitative estimate of drug-likeness (QED) is 0.818. The van der Waals surface area contributed by atoms with Crippen LogP contribution in [0.15, 0.2) is 18.2 Å². The van der Waals surface area contributed by atoms with Crippen LogP contribution >= 0.6 is 0 Å². The number of nitrogens with zero attached hydrogens (tertiary/aromatic N) is 1. The minimum absolute atomic E-state index is 0.288. The molecule has 1 aromatic rings. The first-order valence-corrected chi connectivity index (χ1v) is 5.73. The predicted octanol–water partition coefficient (Wildman–Crippen LogP) is 2.30. The summed E-state index contributed by atoms with van der Waals surface area (Å²) in [6.45, 7) is 6.77. The summed E-state index contributed by atoms with van der Waals surface area (Å²) in [5.74, 6) is 0.520. The molecular weight excluding hydrogens is 186 g/mol. The average Bonchev–Trinajstić information content (AvgIpc) is 2.59. The van der Waals surface area contributed by atoms with Crippen molar-refractivity contribution in [1.82, 2.24) is 0 Å². The fraction of sp³-hybridized carbons (Fsp3) is 0.538. The molecule has 0 fully saturated rings. The van der Waals surface area contributed by atoms with Gasteiger partial charge in [-0.1, -0.05) is 12.1 Å². The number of aliphatic hydroxyl groups excluding tert-OH is 1. The Labute approximate surface area is 91.5 Å². The second-order valence-electron chi connectivity index (χ2n) is 4.26. The molecule has 1 unspecified atom stereocenters. The minimum Gasteiger partial charge on any atom is -0.396 e. The fourth-order valence-corrected chi connectivity index (χ4v) is 2.62. The number of benzene rings is 1. The lowest BCUT2D eigenvalue weighted by molar-refractivity contribution is 0.277. The van der Waals surface area contributed by atoms with E-state index in [-0.39, 0.29) is 6.61 Å². The van der Waals surface area contributed by atoms with Gasteiger partial charge < -0.3 is 10.0 Å². The highest BCUT2D eigenvalue weighted by Gasteiger charge is 2.28. The van der Waals surface area contributed by atoms with Gasteiger partial charge in [0.1, 0.15) is 0 Å². The van der Waals surface area contributed by atoms with Gasteiger partial charge in [0.05, 0.1) is 0 Å². The average molecular weight is 205 g/mol. The van der Waals surface area contributed by atoms with Crippen molar-refractivity contribution in [2.75, 3.05) is 24.6 Å². The smallest absolute Gasteiger partial charge is 0.0437 e. The number of hydrogen-bond donors (Lipinski definition) is 1. The van der Waals surface area contributed by atoms with Crippen molar-refractivity contribution < 1.29 is 5.11 Å². The van der Waals surface area contributed by atoms with Crippen molar-refractivity contribution in [3.63, 3.8) is 0 Å². The molecule has 1 atom stereocenters. The van der Waals surface area contributed by atoms with Gasteiger partial charge in [-0.2, -0.15) is 0 Å². The molecule has 1 N–H and O–H groups in total. The zero-order valence-electron chi connectivity index (χ0n) is 9.53. The van der Waals surface area contributed by atoms with E-state index in [1.54, 1.807) is 0 Å². The Balaban J connectivity index is 2.39. The summed E-state index contributed by atoms with van der Waals surface area (Å²) in [7, 11) is 0. The predicted molar refractivity (Wildman–Crippen MR) is 63.5 cm³/mol. The van der Waals surface area contributed by atoms with Crippen molar-refractivity contribution in [3.8, 4) is 0 Å². The molecule has 0 spiro atoms. The van der Waals surface area contributed by atoms with E-state index in [4.69, 9.17) is 5.11 Å². The zero-order valence-corrected chi connectivity index (χ0v) is 9.53. The number of hydrogen-bond acceptors (Lipinski definition) is 2. The summed E-state index contributed by atoms with van der Waals surface area (Å²) in [4.78, 5) is 2.41. The summed E-state index contributed by atoms with van der Waals surface area (Å²) >= 11 is 0. The second-order valence-corrected chi connectivity index (χ2v) is 4.26. The topological polar surface area (TPSA) is 23.5 Å². The molecule has 2 nitrogen and oxygen atoms in total. The van der Waals surface area contributed by atoms with Gasteiger partial charge in [0, 0.05) is 31.3 Å². The molecule has 0 bridgehead atoms. The van der Waals surface area contributed by atoms with E-state index in [0.29, 0.717) is 5.92 Å². The van der Waals surface area contributed by atoms with E-state index in [1.165, 1.54) is 16.8 Å². The van der Waals surface area contributed by atoms with Gasteiger partial charge in [-0.05, 0) is 37.5 Å². The summed E-state index contributed by atoms with van der Waals surface area (Å²) in [5.41, 5.74) is 4.19. The maximum Gasteiger partial charge on any atom is 0.0437 e. The van der Waals surface area contributed by atoms with Crippen LogP contribution in [0.4, 0.5) is 5.69 Å². The third kappa shape index (κ3) is 1.74. The summed E-state index contributed by atoms with van der Waals surface area (Å²) < 4.78 is 0. The highest BCUT2D eigenvalue weighted by Crippen LogP contribution is 2.39. The highest BCUT2D eigenvalue weighted by atomic mass is 16.3. The number of rotatable bonds is 3. The van der Waals surface area contributed by atoms with E-state index in [2.05, 4.69) is 36.9 Å². The van der Waals surface area contributed by atoms with Gasteiger partial charge in [0.25, 0.3) is 0 Å². The molecule has 15 heavy (non-hydrogen) atoms. The summed E-state index contributed by atoms with van der Waals surface area (Å²) in [6.07, 6.45) is 0.883. The van der Waals surface area contributed by atoms with Crippen LogP contribution in [-0.2, 0) is 0 Å². The Morgan fingerprint density at radius 1 is 1.47 bits per heavy atom. The van der Waals surface area contributed by atoms with Gasteiger partial charge in [-0.15, -0.1) is 0 Å². The largest absolute Gasteiger partial charge is 0.396 e. The van der Waals surface area contributed by atoms with E-state index in [1.807, 2.05) is 0 Å². The normalized spacial score (nSPS) is 19.4. The molecule has 0 saturated carbocycles. The number of aliphatic hydroxyl groups is 1. The summed E-state index contributed by atoms with van der Waals surface area (Å²) in [6, 6.07) is 6.49. The standard InChI is InChI=1S/C13H19NO/c1-3-14-9-11(7-8-15)13-10(2)5-4-6-12(13)14/h4-6,11,15H,3,7-9H2,1-2H3. The first-order valence-electron chi connectivity index (χ1n) is 5.73. The van der Waals surface area contributed by atoms with Gasteiger partial charge in [-0.25, -0.2) is 0 Å². The highest BCUT2D eigenvalue weighted by molar-refractivity contribution is 5.62. The molecule has 0 aliphatic carbocycles. The van der Waals surface area contributed by atoms with Crippen LogP contribution in [0.25, 0.3) is 0 Å². The van der Waals surface area contributed by atoms with E-state index >= 15 is 0 Å². The summed E-state index contributed by atoms with van der Waals surface area (Å²) in [5, 5.41) is 9.08. The van der Waals surface area contributed by atoms with Crippen LogP contribution in [-0.4, -0.2) is 24.8 Å². The molecule has 0 saturated heterocycles. The van der Waals surface area contributed by atoms with Crippen LogP contribution in [0.5, 0.6) is 0 Å². The second kappa shape index (κ2) is 4.23. The Hall–Kier alpha value is -1.02. The van der Waals surface area contributed by atoms with Crippen LogP contribution in [0.2, 0.25) is 0 Å². The van der Waals surface area contributed by atoms with Crippen molar-refractivity contribution in [2.24, 2.45) is 0 Å². The van der Waals surface area contributed by atoms with Gasteiger partial charge >= 0.3 is 0 Å². The van der Waals surface area contributed by atoms with Crippen LogP contribution < -0.4 is 4.90 Å². The van der Waals surface area contributed by atoms with Gasteiger partial charge in [0.2, 0.25) is 0 Å². The van der Waals surface area contributed by atoms with Gasteiger partial charge in [0.15, 0.2) is 0 Å². The van der Waals surface area contributed by atoms with Crippen molar-refractivity contribution >= 4 is 5.69 Å². The number of aryl methyl sites for hydroxylation is 1. The SMILES string of the molecule is CCN1CC(CCO)c2c(C)cccc21. The Kier molecular flexibility index (Phi) is 2.96. The maximum atomic E-state index is 9.08. The van der Waals surface area contributed by atoms with Crippen LogP contribution in [0, 0.1) is 6.92 Å². The fourth-order valence-electron chi connectivity index (χ4n) is 2.62. The Morgan fingerprint density at radius 3 is 2.93 bits per heavy atom. The van der Waals surface area contributed by atoms with Crippen molar-refractivity contribution in [3.05, 3.63) is 29.3 Å². The Bertz CT molecular complexity index is 348. The number of fused-ring (bicyclic) bond motifs is 1. The Morgan fingerprint density at radius 2 is 2.27 bits per heavy atom. The van der Waals surface area contributed by atoms with Crippen molar-refractivity contribution in [2.45, 2.75) is 26.2 Å². The van der Waals surface area contributed by atoms with Crippen molar-refractivity contribution in [1.29, 1.82) is 0 Å². The molecule has 1 aliphatic rings. The molecule has 2 rings (SSSR count). The zero-order chi connectivity index (χ0) is 10.8. The third-order valence-corrected chi connectivity index (χ3v) is 3.35.